The maximum atomic E-state index is 13.5. The number of hydrogen-bond donors (Lipinski definition) is 1. The number of carboxylic acid groups (broad SMARTS) is 1. The van der Waals surface area contributed by atoms with Gasteiger partial charge in [0, 0.05) is 52.0 Å². The fourth-order valence-electron chi connectivity index (χ4n) is 3.42. The molecule has 1 N–H and O–H groups in total. The molecule has 6 nitrogen and oxygen atoms in total. The summed E-state index contributed by atoms with van der Waals surface area (Å²) in [7, 11) is 3.44. The topological polar surface area (TPSA) is 70.1 Å². The molecule has 1 atom stereocenters. The van der Waals surface area contributed by atoms with Crippen LogP contribution < -0.4 is 0 Å². The predicted molar refractivity (Wildman–Crippen MR) is 126 cm³/mol. The monoisotopic (exact) mass is 478 g/mol. The molecule has 0 bridgehead atoms. The van der Waals surface area contributed by atoms with Crippen molar-refractivity contribution >= 4 is 12.8 Å². The van der Waals surface area contributed by atoms with Gasteiger partial charge >= 0.3 is 6.18 Å². The summed E-state index contributed by atoms with van der Waals surface area (Å²) in [5.41, 5.74) is -0.696. The number of allylic oxidation sites excluding steroid dienone is 3. The molecule has 0 amide bonds. The van der Waals surface area contributed by atoms with Gasteiger partial charge in [-0.25, -0.2) is 0 Å². The summed E-state index contributed by atoms with van der Waals surface area (Å²) in [6.45, 7) is 14.0. The first kappa shape index (κ1) is 33.0. The lowest BCUT2D eigenvalue weighted by Crippen LogP contribution is -2.48. The van der Waals surface area contributed by atoms with E-state index >= 15 is 0 Å². The molecule has 0 aromatic rings. The molecule has 1 fully saturated rings. The van der Waals surface area contributed by atoms with Crippen LogP contribution >= 0.6 is 0 Å². The second-order valence-corrected chi connectivity index (χ2v) is 8.36. The Labute approximate surface area is 196 Å². The van der Waals surface area contributed by atoms with Crippen molar-refractivity contribution in [2.75, 3.05) is 40.4 Å². The van der Waals surface area contributed by atoms with E-state index in [9.17, 15) is 18.0 Å². The molecule has 1 aliphatic rings. The lowest BCUT2D eigenvalue weighted by molar-refractivity contribution is -0.122. The van der Waals surface area contributed by atoms with Crippen LogP contribution in [0.1, 0.15) is 40.5 Å². The Kier molecular flexibility index (Phi) is 18.3. The number of ether oxygens (including phenoxy) is 1. The second kappa shape index (κ2) is 18.3. The summed E-state index contributed by atoms with van der Waals surface area (Å²) in [5, 5.41) is 6.89. The molecule has 192 valence electrons. The van der Waals surface area contributed by atoms with E-state index in [4.69, 9.17) is 14.6 Å². The van der Waals surface area contributed by atoms with E-state index in [0.29, 0.717) is 31.1 Å². The molecule has 0 radical (unpaired) electrons. The lowest BCUT2D eigenvalue weighted by Gasteiger charge is -2.39. The molecule has 0 aliphatic carbocycles. The van der Waals surface area contributed by atoms with Crippen molar-refractivity contribution in [3.63, 3.8) is 0 Å². The van der Waals surface area contributed by atoms with Crippen LogP contribution in [0.4, 0.5) is 13.2 Å². The van der Waals surface area contributed by atoms with Gasteiger partial charge in [0.15, 0.2) is 0 Å². The van der Waals surface area contributed by atoms with Gasteiger partial charge in [-0.05, 0) is 44.3 Å². The van der Waals surface area contributed by atoms with Gasteiger partial charge in [0.05, 0.1) is 12.2 Å². The third-order valence-electron chi connectivity index (χ3n) is 4.89. The van der Waals surface area contributed by atoms with Crippen molar-refractivity contribution in [2.45, 2.75) is 52.8 Å². The molecule has 1 aliphatic heterocycles. The van der Waals surface area contributed by atoms with E-state index in [-0.39, 0.29) is 30.8 Å². The number of methoxy groups -OCH3 is 1. The van der Waals surface area contributed by atoms with Gasteiger partial charge in [0.2, 0.25) is 0 Å². The Morgan fingerprint density at radius 2 is 1.79 bits per heavy atom. The number of nitrogens with zero attached hydrogens (tertiary/aromatic N) is 2. The molecule has 0 aromatic heterocycles. The minimum atomic E-state index is -4.55. The molecular formula is C24H41F3N2O4. The zero-order valence-electron chi connectivity index (χ0n) is 20.8. The van der Waals surface area contributed by atoms with Crippen LogP contribution in [0, 0.1) is 11.8 Å². The average molecular weight is 479 g/mol. The number of aldehydes is 1. The Hall–Kier alpha value is -2.13. The maximum absolute atomic E-state index is 13.5. The van der Waals surface area contributed by atoms with E-state index in [1.807, 2.05) is 18.7 Å². The summed E-state index contributed by atoms with van der Waals surface area (Å²) < 4.78 is 45.6. The molecule has 0 spiro atoms. The van der Waals surface area contributed by atoms with Crippen LogP contribution in [0.5, 0.6) is 0 Å². The molecule has 0 aromatic carbocycles. The Morgan fingerprint density at radius 1 is 1.27 bits per heavy atom. The molecule has 1 rings (SSSR count). The molecule has 0 saturated carbocycles. The standard InChI is InChI=1S/C20H33F3N2O2.C3H6.CH2O2/c1-15(2)10-16(3)24(4)13-18(19(7-9-26)20(21,22)23)6-8-25-11-17(12-25)14-27-5;1-3-2;2-1-3/h7,9,13,15-17H,6,8,10-12,14H2,1-5H3;3H,1H2,2H3;1H,(H,2,3)/b18-13-,19-7+;;. The molecule has 1 heterocycles. The molecular weight excluding hydrogens is 437 g/mol. The van der Waals surface area contributed by atoms with Crippen LogP contribution in [0.2, 0.25) is 0 Å². The number of hydrogen-bond acceptors (Lipinski definition) is 5. The van der Waals surface area contributed by atoms with Gasteiger partial charge < -0.3 is 19.6 Å². The van der Waals surface area contributed by atoms with E-state index < -0.39 is 11.7 Å². The average Bonchev–Trinajstić information content (AvgIpc) is 2.66. The van der Waals surface area contributed by atoms with Crippen molar-refractivity contribution in [1.82, 2.24) is 9.80 Å². The highest BCUT2D eigenvalue weighted by Crippen LogP contribution is 2.33. The second-order valence-electron chi connectivity index (χ2n) is 8.36. The quantitative estimate of drug-likeness (QED) is 0.199. The smallest absolute Gasteiger partial charge is 0.416 e. The first-order valence-corrected chi connectivity index (χ1v) is 10.9. The number of carbonyl (C=O) groups excluding carboxylic acids is 1. The van der Waals surface area contributed by atoms with Crippen LogP contribution in [0.3, 0.4) is 0 Å². The normalized spacial score (nSPS) is 15.9. The summed E-state index contributed by atoms with van der Waals surface area (Å²) in [6, 6.07) is 0.112. The minimum absolute atomic E-state index is 0.112. The van der Waals surface area contributed by atoms with Crippen LogP contribution in [0.15, 0.2) is 36.1 Å². The number of rotatable bonds is 11. The third kappa shape index (κ3) is 15.4. The van der Waals surface area contributed by atoms with Crippen molar-refractivity contribution in [1.29, 1.82) is 0 Å². The highest BCUT2D eigenvalue weighted by atomic mass is 19.4. The summed E-state index contributed by atoms with van der Waals surface area (Å²) in [6.07, 6.45) is 0.731. The summed E-state index contributed by atoms with van der Waals surface area (Å²) in [4.78, 5) is 23.1. The van der Waals surface area contributed by atoms with Crippen LogP contribution in [-0.2, 0) is 14.3 Å². The number of alkyl halides is 3. The van der Waals surface area contributed by atoms with Crippen molar-refractivity contribution in [3.05, 3.63) is 36.1 Å². The van der Waals surface area contributed by atoms with Crippen LogP contribution in [-0.4, -0.2) is 80.3 Å². The molecule has 33 heavy (non-hydrogen) atoms. The lowest BCUT2D eigenvalue weighted by atomic mass is 9.97. The van der Waals surface area contributed by atoms with Gasteiger partial charge in [0.25, 0.3) is 6.47 Å². The first-order valence-electron chi connectivity index (χ1n) is 10.9. The fourth-order valence-corrected chi connectivity index (χ4v) is 3.42. The molecule has 1 saturated heterocycles. The van der Waals surface area contributed by atoms with E-state index in [1.165, 1.54) is 0 Å². The highest BCUT2D eigenvalue weighted by molar-refractivity contribution is 5.68. The van der Waals surface area contributed by atoms with Crippen molar-refractivity contribution in [3.8, 4) is 0 Å². The summed E-state index contributed by atoms with van der Waals surface area (Å²) in [5.74, 6) is 0.898. The zero-order chi connectivity index (χ0) is 26.0. The fraction of sp³-hybridized carbons (Fsp3) is 0.667. The number of carbonyl (C=O) groups is 2. The third-order valence-corrected chi connectivity index (χ3v) is 4.89. The first-order chi connectivity index (χ1) is 15.4. The van der Waals surface area contributed by atoms with Crippen LogP contribution in [0.25, 0.3) is 0 Å². The molecule has 9 heteroatoms. The Balaban J connectivity index is 0. The van der Waals surface area contributed by atoms with Gasteiger partial charge in [0.1, 0.15) is 6.29 Å². The Morgan fingerprint density at radius 3 is 2.18 bits per heavy atom. The SMILES string of the molecule is C=CC.COCC1CN(CCC(=C/N(C)C(C)CC(C)C)/C(=C\C=O)C(F)(F)F)C1.O=CO. The van der Waals surface area contributed by atoms with Crippen molar-refractivity contribution in [2.24, 2.45) is 11.8 Å². The largest absolute Gasteiger partial charge is 0.483 e. The minimum Gasteiger partial charge on any atom is -0.483 e. The zero-order valence-corrected chi connectivity index (χ0v) is 20.8. The number of likely N-dealkylation sites (tertiary alicyclic amines) is 1. The summed E-state index contributed by atoms with van der Waals surface area (Å²) >= 11 is 0. The van der Waals surface area contributed by atoms with E-state index in [2.05, 4.69) is 25.3 Å². The predicted octanol–water partition coefficient (Wildman–Crippen LogP) is 4.79. The van der Waals surface area contributed by atoms with Gasteiger partial charge in [-0.2, -0.15) is 13.2 Å². The van der Waals surface area contributed by atoms with Gasteiger partial charge in [-0.3, -0.25) is 9.59 Å². The highest BCUT2D eigenvalue weighted by Gasteiger charge is 2.36. The molecule has 1 unspecified atom stereocenters. The van der Waals surface area contributed by atoms with Gasteiger partial charge in [-0.15, -0.1) is 6.58 Å². The number of halogens is 3. The maximum Gasteiger partial charge on any atom is 0.416 e. The van der Waals surface area contributed by atoms with Gasteiger partial charge in [-0.1, -0.05) is 19.9 Å². The van der Waals surface area contributed by atoms with E-state index in [1.54, 1.807) is 26.4 Å². The van der Waals surface area contributed by atoms with E-state index in [0.717, 1.165) is 19.5 Å². The Bertz CT molecular complexity index is 607. The van der Waals surface area contributed by atoms with Crippen molar-refractivity contribution < 1.29 is 32.6 Å².